The summed E-state index contributed by atoms with van der Waals surface area (Å²) in [5.74, 6) is -3.31. The summed E-state index contributed by atoms with van der Waals surface area (Å²) >= 11 is 11.7. The molecule has 1 aromatic heterocycles. The summed E-state index contributed by atoms with van der Waals surface area (Å²) in [5, 5.41) is 1.84. The van der Waals surface area contributed by atoms with Crippen LogP contribution in [0.5, 0.6) is 0 Å². The van der Waals surface area contributed by atoms with Crippen LogP contribution in [-0.2, 0) is 6.18 Å². The molecule has 148 valence electrons. The number of alkyl halides is 6. The Bertz CT molecular complexity index is 1080. The molecule has 0 saturated carbocycles. The predicted octanol–water partition coefficient (Wildman–Crippen LogP) is 6.24. The molecule has 0 bridgehead atoms. The maximum Gasteiger partial charge on any atom is 0.456 e. The Hall–Kier alpha value is -2.33. The standard InChI is InChI=1S/C16H5Cl2F7N2O/c17-9-3-6(15(20,21)22)4-10(18)13(9)27-11-2-1-7(19)5-8(11)12(26-27)14(28)16(23,24)25/h1-5H. The number of Topliss-reactive ketones (excluding diaryl/α,β-unsaturated/α-hetero) is 1. The molecule has 0 N–H and O–H groups in total. The molecule has 0 fully saturated rings. The van der Waals surface area contributed by atoms with Gasteiger partial charge in [0.15, 0.2) is 0 Å². The van der Waals surface area contributed by atoms with Crippen molar-refractivity contribution in [2.75, 3.05) is 0 Å². The molecule has 28 heavy (non-hydrogen) atoms. The van der Waals surface area contributed by atoms with Gasteiger partial charge in [0, 0.05) is 5.39 Å². The van der Waals surface area contributed by atoms with Crippen LogP contribution in [0.15, 0.2) is 30.3 Å². The lowest BCUT2D eigenvalue weighted by Gasteiger charge is -2.13. The van der Waals surface area contributed by atoms with Crippen LogP contribution in [0.25, 0.3) is 16.6 Å². The van der Waals surface area contributed by atoms with Gasteiger partial charge in [-0.05, 0) is 30.3 Å². The third kappa shape index (κ3) is 3.53. The predicted molar refractivity (Wildman–Crippen MR) is 86.4 cm³/mol. The number of carbonyl (C=O) groups is 1. The fourth-order valence-corrected chi connectivity index (χ4v) is 3.14. The second-order valence-corrected chi connectivity index (χ2v) is 6.35. The first kappa shape index (κ1) is 20.4. The van der Waals surface area contributed by atoms with Gasteiger partial charge in [-0.1, -0.05) is 23.2 Å². The smallest absolute Gasteiger partial charge is 0.282 e. The molecule has 2 aromatic carbocycles. The van der Waals surface area contributed by atoms with Crippen LogP contribution in [0.4, 0.5) is 30.7 Å². The summed E-state index contributed by atoms with van der Waals surface area (Å²) in [7, 11) is 0. The van der Waals surface area contributed by atoms with Crippen LogP contribution in [-0.4, -0.2) is 21.7 Å². The van der Waals surface area contributed by atoms with Gasteiger partial charge in [0.25, 0.3) is 5.78 Å². The van der Waals surface area contributed by atoms with Gasteiger partial charge in [0.1, 0.15) is 17.2 Å². The van der Waals surface area contributed by atoms with Gasteiger partial charge in [-0.25, -0.2) is 9.07 Å². The highest BCUT2D eigenvalue weighted by Gasteiger charge is 2.42. The van der Waals surface area contributed by atoms with Crippen LogP contribution in [0.2, 0.25) is 10.0 Å². The first-order valence-electron chi connectivity index (χ1n) is 7.17. The quantitative estimate of drug-likeness (QED) is 0.346. The van der Waals surface area contributed by atoms with Crippen molar-refractivity contribution in [1.82, 2.24) is 9.78 Å². The number of benzene rings is 2. The zero-order valence-electron chi connectivity index (χ0n) is 13.1. The molecule has 0 saturated heterocycles. The zero-order chi connectivity index (χ0) is 21.0. The average molecular weight is 445 g/mol. The van der Waals surface area contributed by atoms with E-state index in [9.17, 15) is 35.5 Å². The van der Waals surface area contributed by atoms with Crippen molar-refractivity contribution < 1.29 is 35.5 Å². The number of hydrogen-bond donors (Lipinski definition) is 0. The molecule has 0 aliphatic carbocycles. The molecule has 3 aromatic rings. The molecule has 0 aliphatic rings. The van der Waals surface area contributed by atoms with E-state index >= 15 is 0 Å². The highest BCUT2D eigenvalue weighted by atomic mass is 35.5. The van der Waals surface area contributed by atoms with Gasteiger partial charge < -0.3 is 0 Å². The SMILES string of the molecule is O=C(c1nn(-c2c(Cl)cc(C(F)(F)F)cc2Cl)c2ccc(F)cc12)C(F)(F)F. The normalized spacial score (nSPS) is 12.6. The summed E-state index contributed by atoms with van der Waals surface area (Å²) in [6.07, 6.45) is -10.1. The third-order valence-electron chi connectivity index (χ3n) is 3.67. The Morgan fingerprint density at radius 1 is 0.964 bits per heavy atom. The van der Waals surface area contributed by atoms with Crippen molar-refractivity contribution in [3.05, 3.63) is 57.5 Å². The molecule has 0 atom stereocenters. The van der Waals surface area contributed by atoms with Crippen molar-refractivity contribution in [3.63, 3.8) is 0 Å². The van der Waals surface area contributed by atoms with Gasteiger partial charge in [-0.3, -0.25) is 4.79 Å². The Balaban J connectivity index is 2.33. The van der Waals surface area contributed by atoms with Gasteiger partial charge in [-0.15, -0.1) is 0 Å². The molecule has 0 aliphatic heterocycles. The minimum Gasteiger partial charge on any atom is -0.282 e. The maximum absolute atomic E-state index is 13.5. The van der Waals surface area contributed by atoms with Gasteiger partial charge in [0.2, 0.25) is 0 Å². The molecule has 3 nitrogen and oxygen atoms in total. The van der Waals surface area contributed by atoms with Gasteiger partial charge in [-0.2, -0.15) is 31.4 Å². The lowest BCUT2D eigenvalue weighted by molar-refractivity contribution is -0.137. The van der Waals surface area contributed by atoms with E-state index in [1.54, 1.807) is 0 Å². The van der Waals surface area contributed by atoms with E-state index < -0.39 is 56.3 Å². The molecule has 1 heterocycles. The monoisotopic (exact) mass is 444 g/mol. The van der Waals surface area contributed by atoms with E-state index in [1.807, 2.05) is 0 Å². The maximum atomic E-state index is 13.5. The Labute approximate surface area is 161 Å². The fourth-order valence-electron chi connectivity index (χ4n) is 2.49. The molecular formula is C16H5Cl2F7N2O. The number of aromatic nitrogens is 2. The summed E-state index contributed by atoms with van der Waals surface area (Å²) in [4.78, 5) is 11.7. The zero-order valence-corrected chi connectivity index (χ0v) is 14.6. The first-order valence-corrected chi connectivity index (χ1v) is 7.92. The van der Waals surface area contributed by atoms with E-state index in [2.05, 4.69) is 5.10 Å². The van der Waals surface area contributed by atoms with Crippen molar-refractivity contribution in [2.24, 2.45) is 0 Å². The lowest BCUT2D eigenvalue weighted by Crippen LogP contribution is -2.23. The highest BCUT2D eigenvalue weighted by molar-refractivity contribution is 6.38. The molecule has 0 spiro atoms. The fraction of sp³-hybridized carbons (Fsp3) is 0.125. The molecule has 0 amide bonds. The summed E-state index contributed by atoms with van der Waals surface area (Å²) < 4.78 is 91.3. The van der Waals surface area contributed by atoms with Crippen molar-refractivity contribution in [1.29, 1.82) is 0 Å². The Morgan fingerprint density at radius 2 is 1.54 bits per heavy atom. The number of hydrogen-bond acceptors (Lipinski definition) is 2. The number of carbonyl (C=O) groups excluding carboxylic acids is 1. The lowest BCUT2D eigenvalue weighted by atomic mass is 10.1. The number of ketones is 1. The summed E-state index contributed by atoms with van der Waals surface area (Å²) in [6, 6.07) is 3.52. The van der Waals surface area contributed by atoms with E-state index in [4.69, 9.17) is 23.2 Å². The second-order valence-electron chi connectivity index (χ2n) is 5.54. The highest BCUT2D eigenvalue weighted by Crippen LogP contribution is 2.39. The van der Waals surface area contributed by atoms with Gasteiger partial charge >= 0.3 is 12.4 Å². The summed E-state index contributed by atoms with van der Waals surface area (Å²) in [6.45, 7) is 0. The van der Waals surface area contributed by atoms with Crippen molar-refractivity contribution in [2.45, 2.75) is 12.4 Å². The van der Waals surface area contributed by atoms with E-state index in [0.717, 1.165) is 12.1 Å². The van der Waals surface area contributed by atoms with Crippen LogP contribution in [0, 0.1) is 5.82 Å². The summed E-state index contributed by atoms with van der Waals surface area (Å²) in [5.41, 5.74) is -2.94. The first-order chi connectivity index (χ1) is 12.8. The largest absolute Gasteiger partial charge is 0.456 e. The molecule has 0 radical (unpaired) electrons. The second kappa shape index (κ2) is 6.63. The van der Waals surface area contributed by atoms with Gasteiger partial charge in [0.05, 0.1) is 21.1 Å². The topological polar surface area (TPSA) is 34.9 Å². The molecule has 0 unspecified atom stereocenters. The van der Waals surface area contributed by atoms with Crippen LogP contribution in [0.1, 0.15) is 16.1 Å². The number of rotatable bonds is 2. The Morgan fingerprint density at radius 3 is 2.04 bits per heavy atom. The van der Waals surface area contributed by atoms with Crippen molar-refractivity contribution >= 4 is 39.9 Å². The number of fused-ring (bicyclic) bond motifs is 1. The Kier molecular flexibility index (Phi) is 4.83. The minimum absolute atomic E-state index is 0.211. The average Bonchev–Trinajstić information content (AvgIpc) is 2.90. The van der Waals surface area contributed by atoms with Crippen LogP contribution >= 0.6 is 23.2 Å². The molecular weight excluding hydrogens is 440 g/mol. The number of nitrogens with zero attached hydrogens (tertiary/aromatic N) is 2. The number of halogens is 9. The van der Waals surface area contributed by atoms with Crippen molar-refractivity contribution in [3.8, 4) is 5.69 Å². The molecule has 12 heteroatoms. The van der Waals surface area contributed by atoms with Crippen LogP contribution in [0.3, 0.4) is 0 Å². The minimum atomic E-state index is -5.31. The third-order valence-corrected chi connectivity index (χ3v) is 4.25. The van der Waals surface area contributed by atoms with E-state index in [-0.39, 0.29) is 5.52 Å². The van der Waals surface area contributed by atoms with E-state index in [1.165, 1.54) is 0 Å². The molecule has 3 rings (SSSR count). The van der Waals surface area contributed by atoms with Crippen LogP contribution < -0.4 is 0 Å². The van der Waals surface area contributed by atoms with E-state index in [0.29, 0.717) is 22.9 Å².